The summed E-state index contributed by atoms with van der Waals surface area (Å²) < 4.78 is 79.4. The van der Waals surface area contributed by atoms with Crippen LogP contribution < -0.4 is 15.4 Å². The average Bonchev–Trinajstić information content (AvgIpc) is 2.51. The normalized spacial score (nSPS) is 21.1. The predicted octanol–water partition coefficient (Wildman–Crippen LogP) is 2.52. The van der Waals surface area contributed by atoms with Crippen LogP contribution in [0, 0.1) is 5.92 Å². The van der Waals surface area contributed by atoms with Gasteiger partial charge in [0.2, 0.25) is 12.0 Å². The zero-order valence-corrected chi connectivity index (χ0v) is 13.8. The van der Waals surface area contributed by atoms with E-state index in [4.69, 9.17) is 5.11 Å². The number of aliphatic hydroxyl groups excluding tert-OH is 1. The van der Waals surface area contributed by atoms with Crippen molar-refractivity contribution in [3.63, 3.8) is 0 Å². The quantitative estimate of drug-likeness (QED) is 0.640. The number of aliphatic hydroxyl groups is 1. The Labute approximate surface area is 149 Å². The van der Waals surface area contributed by atoms with Crippen molar-refractivity contribution in [1.29, 1.82) is 0 Å². The maximum Gasteiger partial charge on any atom is 0.427 e. The number of nitrogens with zero attached hydrogens (tertiary/aromatic N) is 1. The number of pyridine rings is 1. The highest BCUT2D eigenvalue weighted by atomic mass is 19.4. The van der Waals surface area contributed by atoms with E-state index in [0.29, 0.717) is 5.56 Å². The van der Waals surface area contributed by atoms with Crippen LogP contribution in [0.15, 0.2) is 18.3 Å². The molecular weight excluding hydrogens is 384 g/mol. The molecule has 0 saturated heterocycles. The number of hydrogen-bond acceptors (Lipinski definition) is 4. The number of aromatic nitrogens is 1. The number of urea groups is 1. The van der Waals surface area contributed by atoms with Crippen molar-refractivity contribution in [3.05, 3.63) is 23.9 Å². The van der Waals surface area contributed by atoms with Gasteiger partial charge in [-0.2, -0.15) is 26.3 Å². The lowest BCUT2D eigenvalue weighted by Crippen LogP contribution is -2.51. The molecule has 1 heterocycles. The molecule has 2 amide bonds. The first-order valence-corrected chi connectivity index (χ1v) is 7.89. The number of alkyl halides is 6. The van der Waals surface area contributed by atoms with Gasteiger partial charge < -0.3 is 20.5 Å². The lowest BCUT2D eigenvalue weighted by Gasteiger charge is -2.36. The van der Waals surface area contributed by atoms with Crippen LogP contribution in [0.4, 0.5) is 31.1 Å². The first-order valence-electron chi connectivity index (χ1n) is 7.89. The standard InChI is InChI=1S/C15H17F6N3O3/c16-14(17,18)9-4-10(5-9)24-13(26)23-6-8-1-2-22-12(3-8)27-11(7-25)15(19,20)21/h1-3,9-11,25H,4-7H2,(H2,23,24,26). The van der Waals surface area contributed by atoms with Crippen molar-refractivity contribution < 1.29 is 41.0 Å². The second kappa shape index (κ2) is 8.19. The van der Waals surface area contributed by atoms with Gasteiger partial charge in [-0.15, -0.1) is 0 Å². The molecule has 12 heteroatoms. The molecule has 2 rings (SSSR count). The van der Waals surface area contributed by atoms with Gasteiger partial charge in [0.15, 0.2) is 0 Å². The van der Waals surface area contributed by atoms with Crippen LogP contribution in [0.25, 0.3) is 0 Å². The molecule has 0 aromatic carbocycles. The highest BCUT2D eigenvalue weighted by Crippen LogP contribution is 2.40. The molecule has 0 bridgehead atoms. The van der Waals surface area contributed by atoms with Crippen molar-refractivity contribution in [1.82, 2.24) is 15.6 Å². The summed E-state index contributed by atoms with van der Waals surface area (Å²) in [5, 5.41) is 13.5. The minimum absolute atomic E-state index is 0.101. The van der Waals surface area contributed by atoms with Gasteiger partial charge in [-0.1, -0.05) is 0 Å². The van der Waals surface area contributed by atoms with Crippen LogP contribution in [-0.2, 0) is 6.54 Å². The number of hydrogen-bond donors (Lipinski definition) is 3. The maximum absolute atomic E-state index is 12.6. The summed E-state index contributed by atoms with van der Waals surface area (Å²) >= 11 is 0. The van der Waals surface area contributed by atoms with Gasteiger partial charge in [0.25, 0.3) is 0 Å². The third-order valence-corrected chi connectivity index (χ3v) is 3.98. The fourth-order valence-electron chi connectivity index (χ4n) is 2.40. The summed E-state index contributed by atoms with van der Waals surface area (Å²) in [4.78, 5) is 15.3. The number of ether oxygens (including phenoxy) is 1. The van der Waals surface area contributed by atoms with E-state index in [-0.39, 0.29) is 19.4 Å². The number of rotatable bonds is 6. The molecule has 1 aliphatic rings. The van der Waals surface area contributed by atoms with Gasteiger partial charge in [0.05, 0.1) is 12.5 Å². The van der Waals surface area contributed by atoms with Crippen LogP contribution >= 0.6 is 0 Å². The van der Waals surface area contributed by atoms with Crippen LogP contribution in [0.3, 0.4) is 0 Å². The molecule has 1 aliphatic carbocycles. The third-order valence-electron chi connectivity index (χ3n) is 3.98. The molecule has 1 fully saturated rings. The molecular formula is C15H17F6N3O3. The fourth-order valence-corrected chi connectivity index (χ4v) is 2.40. The maximum atomic E-state index is 12.6. The van der Waals surface area contributed by atoms with Gasteiger partial charge in [-0.3, -0.25) is 0 Å². The SMILES string of the molecule is O=C(NCc1ccnc(OC(CO)C(F)(F)F)c1)NC1CC(C(F)(F)F)C1. The number of nitrogens with one attached hydrogen (secondary N) is 2. The highest BCUT2D eigenvalue weighted by Gasteiger charge is 2.48. The fraction of sp³-hybridized carbons (Fsp3) is 0.600. The topological polar surface area (TPSA) is 83.5 Å². The summed E-state index contributed by atoms with van der Waals surface area (Å²) in [5.41, 5.74) is 0.357. The van der Waals surface area contributed by atoms with Crippen molar-refractivity contribution in [2.45, 2.75) is 43.9 Å². The molecule has 0 spiro atoms. The molecule has 6 nitrogen and oxygen atoms in total. The second-order valence-corrected chi connectivity index (χ2v) is 6.07. The monoisotopic (exact) mass is 401 g/mol. The van der Waals surface area contributed by atoms with E-state index in [9.17, 15) is 31.1 Å². The smallest absolute Gasteiger partial charge is 0.427 e. The van der Waals surface area contributed by atoms with E-state index >= 15 is 0 Å². The molecule has 1 atom stereocenters. The molecule has 1 aromatic rings. The second-order valence-electron chi connectivity index (χ2n) is 6.07. The minimum atomic E-state index is -4.78. The van der Waals surface area contributed by atoms with Gasteiger partial charge >= 0.3 is 18.4 Å². The molecule has 1 aromatic heterocycles. The van der Waals surface area contributed by atoms with Gasteiger partial charge in [-0.05, 0) is 24.5 Å². The zero-order valence-electron chi connectivity index (χ0n) is 13.8. The van der Waals surface area contributed by atoms with E-state index in [1.54, 1.807) is 0 Å². The lowest BCUT2D eigenvalue weighted by atomic mass is 9.80. The lowest BCUT2D eigenvalue weighted by molar-refractivity contribution is -0.204. The van der Waals surface area contributed by atoms with Crippen molar-refractivity contribution in [2.24, 2.45) is 5.92 Å². The van der Waals surface area contributed by atoms with Crippen molar-refractivity contribution in [2.75, 3.05) is 6.61 Å². The summed E-state index contributed by atoms with van der Waals surface area (Å²) in [6.07, 6.45) is -10.7. The Balaban J connectivity index is 1.80. The van der Waals surface area contributed by atoms with Gasteiger partial charge in [0, 0.05) is 24.8 Å². The third kappa shape index (κ3) is 6.15. The Kier molecular flexibility index (Phi) is 6.39. The molecule has 152 valence electrons. The molecule has 0 radical (unpaired) electrons. The van der Waals surface area contributed by atoms with Crippen molar-refractivity contribution >= 4 is 6.03 Å². The highest BCUT2D eigenvalue weighted by molar-refractivity contribution is 5.74. The molecule has 0 aliphatic heterocycles. The van der Waals surface area contributed by atoms with Crippen LogP contribution in [-0.4, -0.2) is 47.2 Å². The first kappa shape index (κ1) is 21.1. The largest absolute Gasteiger partial charge is 0.462 e. The zero-order chi connectivity index (χ0) is 20.2. The minimum Gasteiger partial charge on any atom is -0.462 e. The summed E-state index contributed by atoms with van der Waals surface area (Å²) in [5.74, 6) is -1.81. The summed E-state index contributed by atoms with van der Waals surface area (Å²) in [7, 11) is 0. The predicted molar refractivity (Wildman–Crippen MR) is 79.7 cm³/mol. The van der Waals surface area contributed by atoms with E-state index in [0.717, 1.165) is 12.3 Å². The van der Waals surface area contributed by atoms with Crippen LogP contribution in [0.1, 0.15) is 18.4 Å². The number of carbonyl (C=O) groups excluding carboxylic acids is 1. The Hall–Kier alpha value is -2.24. The molecule has 1 saturated carbocycles. The molecule has 27 heavy (non-hydrogen) atoms. The Morgan fingerprint density at radius 1 is 1.30 bits per heavy atom. The van der Waals surface area contributed by atoms with Crippen LogP contribution in [0.2, 0.25) is 0 Å². The molecule has 1 unspecified atom stereocenters. The first-order chi connectivity index (χ1) is 12.5. The summed E-state index contributed by atoms with van der Waals surface area (Å²) in [6, 6.07) is 1.29. The van der Waals surface area contributed by atoms with Gasteiger partial charge in [0.1, 0.15) is 0 Å². The Bertz CT molecular complexity index is 646. The average molecular weight is 401 g/mol. The van der Waals surface area contributed by atoms with E-state index < -0.39 is 48.9 Å². The molecule has 3 N–H and O–H groups in total. The summed E-state index contributed by atoms with van der Waals surface area (Å²) in [6.45, 7) is -1.38. The van der Waals surface area contributed by atoms with Crippen LogP contribution in [0.5, 0.6) is 5.88 Å². The number of halogens is 6. The van der Waals surface area contributed by atoms with E-state index in [1.165, 1.54) is 6.07 Å². The Morgan fingerprint density at radius 3 is 2.52 bits per heavy atom. The van der Waals surface area contributed by atoms with E-state index in [2.05, 4.69) is 20.4 Å². The number of carbonyl (C=O) groups is 1. The van der Waals surface area contributed by atoms with E-state index in [1.807, 2.05) is 0 Å². The Morgan fingerprint density at radius 2 is 1.96 bits per heavy atom. The van der Waals surface area contributed by atoms with Gasteiger partial charge in [-0.25, -0.2) is 9.78 Å². The van der Waals surface area contributed by atoms with Crippen molar-refractivity contribution in [3.8, 4) is 5.88 Å². The number of amides is 2.